The summed E-state index contributed by atoms with van der Waals surface area (Å²) in [6, 6.07) is 5.52. The van der Waals surface area contributed by atoms with E-state index in [9.17, 15) is 18.0 Å². The van der Waals surface area contributed by atoms with E-state index >= 15 is 0 Å². The molecule has 0 saturated heterocycles. The SMILES string of the molecule is O=C(O)Cc1cc(-c2ccc(Cl)cc2Cl)ncc1C(F)(F)F. The van der Waals surface area contributed by atoms with Crippen molar-refractivity contribution in [2.45, 2.75) is 12.6 Å². The molecule has 8 heteroatoms. The first-order valence-electron chi connectivity index (χ1n) is 5.92. The fraction of sp³-hybridized carbons (Fsp3) is 0.143. The number of aliphatic carboxylic acids is 1. The number of benzene rings is 1. The minimum absolute atomic E-state index is 0.144. The van der Waals surface area contributed by atoms with Gasteiger partial charge >= 0.3 is 12.1 Å². The predicted octanol–water partition coefficient (Wildman–Crippen LogP) is 4.70. The maximum Gasteiger partial charge on any atom is 0.418 e. The molecule has 0 atom stereocenters. The number of halogens is 5. The van der Waals surface area contributed by atoms with E-state index in [0.29, 0.717) is 16.8 Å². The first-order chi connectivity index (χ1) is 10.2. The smallest absolute Gasteiger partial charge is 0.418 e. The first kappa shape index (κ1) is 16.6. The molecule has 0 amide bonds. The number of hydrogen-bond donors (Lipinski definition) is 1. The number of carbonyl (C=O) groups is 1. The van der Waals surface area contributed by atoms with Gasteiger partial charge in [0, 0.05) is 16.8 Å². The third-order valence-electron chi connectivity index (χ3n) is 2.84. The predicted molar refractivity (Wildman–Crippen MR) is 76.0 cm³/mol. The number of rotatable bonds is 3. The quantitative estimate of drug-likeness (QED) is 0.873. The minimum atomic E-state index is -4.68. The number of carboxylic acids is 1. The number of aromatic nitrogens is 1. The summed E-state index contributed by atoms with van der Waals surface area (Å²) in [5, 5.41) is 9.35. The number of hydrogen-bond acceptors (Lipinski definition) is 2. The Labute approximate surface area is 133 Å². The zero-order chi connectivity index (χ0) is 16.5. The van der Waals surface area contributed by atoms with Gasteiger partial charge in [0.2, 0.25) is 0 Å². The van der Waals surface area contributed by atoms with Crippen LogP contribution in [0, 0.1) is 0 Å². The van der Waals surface area contributed by atoms with Crippen molar-refractivity contribution in [3.8, 4) is 11.3 Å². The second kappa shape index (κ2) is 6.14. The fourth-order valence-electron chi connectivity index (χ4n) is 1.91. The molecule has 1 N–H and O–H groups in total. The van der Waals surface area contributed by atoms with Crippen LogP contribution in [0.1, 0.15) is 11.1 Å². The molecule has 0 aliphatic heterocycles. The lowest BCUT2D eigenvalue weighted by atomic mass is 10.0. The molecule has 0 aliphatic rings. The van der Waals surface area contributed by atoms with Gasteiger partial charge in [-0.15, -0.1) is 0 Å². The molecule has 0 bridgehead atoms. The van der Waals surface area contributed by atoms with Gasteiger partial charge in [0.25, 0.3) is 0 Å². The van der Waals surface area contributed by atoms with Gasteiger partial charge in [0.05, 0.1) is 22.7 Å². The molecular weight excluding hydrogens is 342 g/mol. The van der Waals surface area contributed by atoms with Crippen molar-refractivity contribution in [2.24, 2.45) is 0 Å². The van der Waals surface area contributed by atoms with E-state index in [-0.39, 0.29) is 16.3 Å². The van der Waals surface area contributed by atoms with Crippen molar-refractivity contribution in [2.75, 3.05) is 0 Å². The van der Waals surface area contributed by atoms with Crippen LogP contribution in [0.2, 0.25) is 10.0 Å². The zero-order valence-corrected chi connectivity index (χ0v) is 12.3. The summed E-state index contributed by atoms with van der Waals surface area (Å²) in [4.78, 5) is 14.5. The summed E-state index contributed by atoms with van der Waals surface area (Å²) in [6.07, 6.45) is -4.84. The van der Waals surface area contributed by atoms with E-state index in [4.69, 9.17) is 28.3 Å². The number of pyridine rings is 1. The van der Waals surface area contributed by atoms with Gasteiger partial charge in [0.1, 0.15) is 0 Å². The lowest BCUT2D eigenvalue weighted by Crippen LogP contribution is -2.13. The van der Waals surface area contributed by atoms with E-state index in [0.717, 1.165) is 6.07 Å². The van der Waals surface area contributed by atoms with Gasteiger partial charge in [-0.3, -0.25) is 9.78 Å². The van der Waals surface area contributed by atoms with Gasteiger partial charge in [-0.1, -0.05) is 23.2 Å². The average molecular weight is 350 g/mol. The molecule has 116 valence electrons. The van der Waals surface area contributed by atoms with Crippen LogP contribution in [-0.2, 0) is 17.4 Å². The van der Waals surface area contributed by atoms with E-state index in [1.165, 1.54) is 18.2 Å². The minimum Gasteiger partial charge on any atom is -0.481 e. The Morgan fingerprint density at radius 2 is 1.91 bits per heavy atom. The van der Waals surface area contributed by atoms with Gasteiger partial charge in [0.15, 0.2) is 0 Å². The number of alkyl halides is 3. The Bertz CT molecular complexity index is 733. The summed E-state index contributed by atoms with van der Waals surface area (Å²) < 4.78 is 38.7. The standard InChI is InChI=1S/C14H8Cl2F3NO2/c15-8-1-2-9(11(16)5-8)12-3-7(4-13(21)22)10(6-20-12)14(17,18)19/h1-3,5-6H,4H2,(H,21,22). The van der Waals surface area contributed by atoms with Gasteiger partial charge in [-0.05, 0) is 29.8 Å². The van der Waals surface area contributed by atoms with E-state index in [2.05, 4.69) is 4.98 Å². The van der Waals surface area contributed by atoms with Crippen LogP contribution in [0.5, 0.6) is 0 Å². The van der Waals surface area contributed by atoms with Crippen LogP contribution in [0.15, 0.2) is 30.5 Å². The zero-order valence-electron chi connectivity index (χ0n) is 10.8. The third-order valence-corrected chi connectivity index (χ3v) is 3.39. The second-order valence-electron chi connectivity index (χ2n) is 4.42. The summed E-state index contributed by atoms with van der Waals surface area (Å²) >= 11 is 11.7. The number of nitrogens with zero attached hydrogens (tertiary/aromatic N) is 1. The molecule has 1 aromatic carbocycles. The van der Waals surface area contributed by atoms with E-state index < -0.39 is 24.1 Å². The van der Waals surface area contributed by atoms with Crippen LogP contribution in [0.4, 0.5) is 13.2 Å². The lowest BCUT2D eigenvalue weighted by molar-refractivity contribution is -0.139. The van der Waals surface area contributed by atoms with Gasteiger partial charge < -0.3 is 5.11 Å². The Morgan fingerprint density at radius 3 is 2.45 bits per heavy atom. The summed E-state index contributed by atoms with van der Waals surface area (Å²) in [6.45, 7) is 0. The maximum atomic E-state index is 12.9. The van der Waals surface area contributed by atoms with Crippen molar-refractivity contribution in [1.82, 2.24) is 4.98 Å². The second-order valence-corrected chi connectivity index (χ2v) is 5.26. The molecule has 3 nitrogen and oxygen atoms in total. The summed E-state index contributed by atoms with van der Waals surface area (Å²) in [5.41, 5.74) is -0.947. The van der Waals surface area contributed by atoms with Crippen LogP contribution in [-0.4, -0.2) is 16.1 Å². The molecular formula is C14H8Cl2F3NO2. The van der Waals surface area contributed by atoms with Crippen molar-refractivity contribution in [3.63, 3.8) is 0 Å². The third kappa shape index (κ3) is 3.69. The van der Waals surface area contributed by atoms with Crippen molar-refractivity contribution in [1.29, 1.82) is 0 Å². The monoisotopic (exact) mass is 349 g/mol. The van der Waals surface area contributed by atoms with Crippen molar-refractivity contribution in [3.05, 3.63) is 51.6 Å². The Balaban J connectivity index is 2.57. The van der Waals surface area contributed by atoms with Crippen LogP contribution in [0.25, 0.3) is 11.3 Å². The molecule has 0 fully saturated rings. The average Bonchev–Trinajstić information content (AvgIpc) is 2.36. The highest BCUT2D eigenvalue weighted by Crippen LogP contribution is 2.35. The Morgan fingerprint density at radius 1 is 1.23 bits per heavy atom. The van der Waals surface area contributed by atoms with E-state index in [1.807, 2.05) is 0 Å². The van der Waals surface area contributed by atoms with Crippen LogP contribution >= 0.6 is 23.2 Å². The van der Waals surface area contributed by atoms with E-state index in [1.54, 1.807) is 0 Å². The molecule has 1 aromatic heterocycles. The highest BCUT2D eigenvalue weighted by Gasteiger charge is 2.34. The summed E-state index contributed by atoms with van der Waals surface area (Å²) in [5.74, 6) is -1.37. The fourth-order valence-corrected chi connectivity index (χ4v) is 2.41. The van der Waals surface area contributed by atoms with Crippen LogP contribution < -0.4 is 0 Å². The van der Waals surface area contributed by atoms with Crippen molar-refractivity contribution < 1.29 is 23.1 Å². The largest absolute Gasteiger partial charge is 0.481 e. The van der Waals surface area contributed by atoms with Crippen LogP contribution in [0.3, 0.4) is 0 Å². The Hall–Kier alpha value is -1.79. The summed E-state index contributed by atoms with van der Waals surface area (Å²) in [7, 11) is 0. The number of carboxylic acid groups (broad SMARTS) is 1. The molecule has 2 aromatic rings. The highest BCUT2D eigenvalue weighted by molar-refractivity contribution is 6.36. The molecule has 2 rings (SSSR count). The molecule has 0 saturated carbocycles. The maximum absolute atomic E-state index is 12.9. The normalized spacial score (nSPS) is 11.5. The molecule has 0 spiro atoms. The Kier molecular flexibility index (Phi) is 4.63. The molecule has 22 heavy (non-hydrogen) atoms. The molecule has 0 aliphatic carbocycles. The highest BCUT2D eigenvalue weighted by atomic mass is 35.5. The first-order valence-corrected chi connectivity index (χ1v) is 6.67. The molecule has 0 unspecified atom stereocenters. The van der Waals surface area contributed by atoms with Crippen molar-refractivity contribution >= 4 is 29.2 Å². The molecule has 0 radical (unpaired) electrons. The topological polar surface area (TPSA) is 50.2 Å². The molecule has 1 heterocycles. The van der Waals surface area contributed by atoms with Gasteiger partial charge in [-0.25, -0.2) is 0 Å². The lowest BCUT2D eigenvalue weighted by Gasteiger charge is -2.13. The van der Waals surface area contributed by atoms with Gasteiger partial charge in [-0.2, -0.15) is 13.2 Å².